The van der Waals surface area contributed by atoms with E-state index in [0.29, 0.717) is 5.56 Å². The topological polar surface area (TPSA) is 62.3 Å². The van der Waals surface area contributed by atoms with Crippen LogP contribution in [0.5, 0.6) is 0 Å². The number of rotatable bonds is 5. The van der Waals surface area contributed by atoms with Crippen LogP contribution in [0, 0.1) is 0 Å². The van der Waals surface area contributed by atoms with Gasteiger partial charge in [-0.05, 0) is 30.2 Å². The highest BCUT2D eigenvalue weighted by molar-refractivity contribution is 5.99. The van der Waals surface area contributed by atoms with Gasteiger partial charge in [0.15, 0.2) is 0 Å². The van der Waals surface area contributed by atoms with E-state index in [2.05, 4.69) is 10.3 Å². The van der Waals surface area contributed by atoms with Gasteiger partial charge in [0, 0.05) is 30.7 Å². The molecule has 5 nitrogen and oxygen atoms in total. The van der Waals surface area contributed by atoms with E-state index in [9.17, 15) is 9.59 Å². The Morgan fingerprint density at radius 2 is 1.82 bits per heavy atom. The fraction of sp³-hybridized carbons (Fsp3) is 0.235. The first kappa shape index (κ1) is 15.7. The van der Waals surface area contributed by atoms with Gasteiger partial charge in [-0.15, -0.1) is 0 Å². The van der Waals surface area contributed by atoms with Crippen LogP contribution in [-0.4, -0.2) is 35.3 Å². The summed E-state index contributed by atoms with van der Waals surface area (Å²) in [7, 11) is 1.61. The molecule has 0 spiro atoms. The Kier molecular flexibility index (Phi) is 5.25. The molecule has 114 valence electrons. The van der Waals surface area contributed by atoms with Gasteiger partial charge in [-0.25, -0.2) is 0 Å². The zero-order valence-electron chi connectivity index (χ0n) is 12.7. The van der Waals surface area contributed by atoms with Crippen molar-refractivity contribution in [1.82, 2.24) is 9.88 Å². The van der Waals surface area contributed by atoms with Crippen LogP contribution < -0.4 is 5.32 Å². The Hall–Kier alpha value is -2.69. The third-order valence-corrected chi connectivity index (χ3v) is 3.33. The van der Waals surface area contributed by atoms with Gasteiger partial charge in [0.25, 0.3) is 5.91 Å². The number of carbonyl (C=O) groups is 2. The molecule has 1 aromatic heterocycles. The predicted molar refractivity (Wildman–Crippen MR) is 85.6 cm³/mol. The number of hydrogen-bond donors (Lipinski definition) is 1. The van der Waals surface area contributed by atoms with Crippen molar-refractivity contribution in [2.45, 2.75) is 13.3 Å². The van der Waals surface area contributed by atoms with E-state index in [1.165, 1.54) is 4.90 Å². The molecule has 0 saturated heterocycles. The number of hydrogen-bond acceptors (Lipinski definition) is 3. The van der Waals surface area contributed by atoms with Crippen LogP contribution in [0.25, 0.3) is 0 Å². The molecule has 0 radical (unpaired) electrons. The molecule has 0 aliphatic carbocycles. The van der Waals surface area contributed by atoms with E-state index in [-0.39, 0.29) is 18.4 Å². The summed E-state index contributed by atoms with van der Waals surface area (Å²) >= 11 is 0. The van der Waals surface area contributed by atoms with Crippen molar-refractivity contribution >= 4 is 17.5 Å². The van der Waals surface area contributed by atoms with Gasteiger partial charge in [0.2, 0.25) is 5.91 Å². The summed E-state index contributed by atoms with van der Waals surface area (Å²) in [6.07, 6.45) is 3.94. The second kappa shape index (κ2) is 7.36. The summed E-state index contributed by atoms with van der Waals surface area (Å²) < 4.78 is 0. The molecule has 1 aromatic carbocycles. The third-order valence-electron chi connectivity index (χ3n) is 3.33. The van der Waals surface area contributed by atoms with Crippen molar-refractivity contribution in [3.63, 3.8) is 0 Å². The van der Waals surface area contributed by atoms with Crippen LogP contribution in [0.4, 0.5) is 5.69 Å². The molecule has 1 heterocycles. The largest absolute Gasteiger partial charge is 0.332 e. The number of carbonyl (C=O) groups excluding carboxylic acids is 2. The fourth-order valence-electron chi connectivity index (χ4n) is 2.14. The summed E-state index contributed by atoms with van der Waals surface area (Å²) in [5.41, 5.74) is 2.37. The van der Waals surface area contributed by atoms with E-state index >= 15 is 0 Å². The van der Waals surface area contributed by atoms with E-state index in [1.54, 1.807) is 31.6 Å². The van der Waals surface area contributed by atoms with Gasteiger partial charge in [0.1, 0.15) is 0 Å². The maximum atomic E-state index is 12.2. The van der Waals surface area contributed by atoms with Crippen molar-refractivity contribution in [3.8, 4) is 0 Å². The smallest absolute Gasteiger partial charge is 0.254 e. The zero-order chi connectivity index (χ0) is 15.9. The number of aromatic nitrogens is 1. The van der Waals surface area contributed by atoms with Gasteiger partial charge >= 0.3 is 0 Å². The number of aryl methyl sites for hydroxylation is 1. The molecule has 2 aromatic rings. The van der Waals surface area contributed by atoms with Crippen LogP contribution in [0.1, 0.15) is 22.8 Å². The van der Waals surface area contributed by atoms with Crippen LogP contribution >= 0.6 is 0 Å². The van der Waals surface area contributed by atoms with Gasteiger partial charge in [-0.3, -0.25) is 14.6 Å². The highest BCUT2D eigenvalue weighted by Crippen LogP contribution is 2.15. The lowest BCUT2D eigenvalue weighted by Gasteiger charge is -2.17. The van der Waals surface area contributed by atoms with Crippen molar-refractivity contribution in [1.29, 1.82) is 0 Å². The Morgan fingerprint density at radius 3 is 2.50 bits per heavy atom. The van der Waals surface area contributed by atoms with Crippen molar-refractivity contribution < 1.29 is 9.59 Å². The number of anilines is 1. The first-order chi connectivity index (χ1) is 10.6. The number of nitrogens with one attached hydrogen (secondary N) is 1. The fourth-order valence-corrected chi connectivity index (χ4v) is 2.14. The predicted octanol–water partition coefficient (Wildman–Crippen LogP) is 2.35. The quantitative estimate of drug-likeness (QED) is 0.921. The van der Waals surface area contributed by atoms with Crippen molar-refractivity contribution in [2.24, 2.45) is 0 Å². The molecule has 0 fully saturated rings. The minimum atomic E-state index is -0.217. The van der Waals surface area contributed by atoms with Gasteiger partial charge in [0.05, 0.1) is 6.54 Å². The molecular formula is C17H19N3O2. The number of para-hydroxylation sites is 1. The normalized spacial score (nSPS) is 10.1. The highest BCUT2D eigenvalue weighted by Gasteiger charge is 2.15. The van der Waals surface area contributed by atoms with E-state index < -0.39 is 0 Å². The Bertz CT molecular complexity index is 656. The maximum Gasteiger partial charge on any atom is 0.254 e. The number of benzene rings is 1. The first-order valence-electron chi connectivity index (χ1n) is 7.15. The summed E-state index contributed by atoms with van der Waals surface area (Å²) in [6.45, 7) is 2.03. The lowest BCUT2D eigenvalue weighted by atomic mass is 10.1. The monoisotopic (exact) mass is 297 g/mol. The summed E-state index contributed by atoms with van der Waals surface area (Å²) in [5.74, 6) is -0.424. The van der Waals surface area contributed by atoms with Gasteiger partial charge < -0.3 is 10.2 Å². The molecule has 0 aliphatic rings. The lowest BCUT2D eigenvalue weighted by molar-refractivity contribution is -0.116. The number of likely N-dealkylation sites (N-methyl/N-ethyl adjacent to an activating group) is 1. The average molecular weight is 297 g/mol. The van der Waals surface area contributed by atoms with E-state index in [0.717, 1.165) is 17.7 Å². The Balaban J connectivity index is 1.98. The van der Waals surface area contributed by atoms with Crippen LogP contribution in [0.2, 0.25) is 0 Å². The maximum absolute atomic E-state index is 12.2. The molecule has 0 aliphatic heterocycles. The van der Waals surface area contributed by atoms with Gasteiger partial charge in [-0.2, -0.15) is 0 Å². The van der Waals surface area contributed by atoms with Crippen molar-refractivity contribution in [2.75, 3.05) is 18.9 Å². The summed E-state index contributed by atoms with van der Waals surface area (Å²) in [5, 5.41) is 2.85. The Morgan fingerprint density at radius 1 is 1.14 bits per heavy atom. The van der Waals surface area contributed by atoms with E-state index in [4.69, 9.17) is 0 Å². The molecule has 0 saturated carbocycles. The van der Waals surface area contributed by atoms with E-state index in [1.807, 2.05) is 31.2 Å². The molecule has 1 N–H and O–H groups in total. The molecular weight excluding hydrogens is 278 g/mol. The molecule has 5 heteroatoms. The molecule has 22 heavy (non-hydrogen) atoms. The second-order valence-corrected chi connectivity index (χ2v) is 4.96. The van der Waals surface area contributed by atoms with Crippen LogP contribution in [0.15, 0.2) is 48.8 Å². The van der Waals surface area contributed by atoms with Gasteiger partial charge in [-0.1, -0.05) is 25.1 Å². The SMILES string of the molecule is CCc1ccccc1NC(=O)CN(C)C(=O)c1ccncc1. The van der Waals surface area contributed by atoms with Crippen molar-refractivity contribution in [3.05, 3.63) is 59.9 Å². The minimum absolute atomic E-state index is 0.000789. The number of nitrogens with zero attached hydrogens (tertiary/aromatic N) is 2. The summed E-state index contributed by atoms with van der Waals surface area (Å²) in [6, 6.07) is 10.9. The molecule has 2 amide bonds. The third kappa shape index (κ3) is 3.91. The van der Waals surface area contributed by atoms with Crippen LogP contribution in [0.3, 0.4) is 0 Å². The standard InChI is InChI=1S/C17H19N3O2/c1-3-13-6-4-5-7-15(13)19-16(21)12-20(2)17(22)14-8-10-18-11-9-14/h4-11H,3,12H2,1-2H3,(H,19,21). The molecule has 2 rings (SSSR count). The molecule has 0 atom stereocenters. The summed E-state index contributed by atoms with van der Waals surface area (Å²) in [4.78, 5) is 29.5. The zero-order valence-corrected chi connectivity index (χ0v) is 12.7. The average Bonchev–Trinajstić information content (AvgIpc) is 2.55. The lowest BCUT2D eigenvalue weighted by Crippen LogP contribution is -2.35. The number of pyridine rings is 1. The Labute approximate surface area is 130 Å². The second-order valence-electron chi connectivity index (χ2n) is 4.96. The number of amides is 2. The van der Waals surface area contributed by atoms with Crippen LogP contribution in [-0.2, 0) is 11.2 Å². The molecule has 0 bridgehead atoms. The molecule has 0 unspecified atom stereocenters. The minimum Gasteiger partial charge on any atom is -0.332 e. The highest BCUT2D eigenvalue weighted by atomic mass is 16.2. The first-order valence-corrected chi connectivity index (χ1v) is 7.15.